The molecule has 4 nitrogen and oxygen atoms in total. The SMILES string of the molecule is C#CCNC=C1c2ccccc2C[C@H]1OCCCC(=O)OCC. The van der Waals surface area contributed by atoms with Crippen LogP contribution in [0.15, 0.2) is 30.5 Å². The molecule has 23 heavy (non-hydrogen) atoms. The van der Waals surface area contributed by atoms with Crippen LogP contribution in [-0.4, -0.2) is 31.8 Å². The second kappa shape index (κ2) is 9.02. The number of hydrogen-bond donors (Lipinski definition) is 1. The highest BCUT2D eigenvalue weighted by Gasteiger charge is 2.27. The molecule has 0 aliphatic heterocycles. The minimum atomic E-state index is -0.169. The van der Waals surface area contributed by atoms with Gasteiger partial charge in [0.25, 0.3) is 0 Å². The number of carbonyl (C=O) groups excluding carboxylic acids is 1. The van der Waals surface area contributed by atoms with E-state index in [-0.39, 0.29) is 12.1 Å². The first kappa shape index (κ1) is 17.1. The lowest BCUT2D eigenvalue weighted by Gasteiger charge is -2.14. The lowest BCUT2D eigenvalue weighted by Crippen LogP contribution is -2.16. The van der Waals surface area contributed by atoms with Gasteiger partial charge in [-0.1, -0.05) is 30.2 Å². The first-order chi connectivity index (χ1) is 11.3. The summed E-state index contributed by atoms with van der Waals surface area (Å²) in [7, 11) is 0. The van der Waals surface area contributed by atoms with Crippen molar-refractivity contribution in [3.63, 3.8) is 0 Å². The van der Waals surface area contributed by atoms with E-state index >= 15 is 0 Å². The molecule has 0 fully saturated rings. The normalized spacial score (nSPS) is 17.6. The maximum Gasteiger partial charge on any atom is 0.305 e. The molecular formula is C19H23NO3. The molecule has 0 spiro atoms. The van der Waals surface area contributed by atoms with Crippen LogP contribution in [0.25, 0.3) is 5.57 Å². The Kier molecular flexibility index (Phi) is 6.71. The van der Waals surface area contributed by atoms with E-state index < -0.39 is 0 Å². The van der Waals surface area contributed by atoms with Gasteiger partial charge in [-0.2, -0.15) is 0 Å². The van der Waals surface area contributed by atoms with Crippen LogP contribution in [0, 0.1) is 12.3 Å². The summed E-state index contributed by atoms with van der Waals surface area (Å²) in [6.07, 6.45) is 9.12. The number of terminal acetylenes is 1. The molecule has 0 heterocycles. The number of ether oxygens (including phenoxy) is 2. The number of hydrogen-bond acceptors (Lipinski definition) is 4. The highest BCUT2D eigenvalue weighted by molar-refractivity contribution is 5.75. The van der Waals surface area contributed by atoms with Gasteiger partial charge in [0.2, 0.25) is 0 Å². The smallest absolute Gasteiger partial charge is 0.305 e. The molecule has 0 saturated carbocycles. The Hall–Kier alpha value is -2.25. The van der Waals surface area contributed by atoms with Crippen molar-refractivity contribution in [3.05, 3.63) is 41.6 Å². The first-order valence-corrected chi connectivity index (χ1v) is 7.98. The second-order valence-corrected chi connectivity index (χ2v) is 5.31. The zero-order valence-corrected chi connectivity index (χ0v) is 13.5. The Balaban J connectivity index is 1.91. The van der Waals surface area contributed by atoms with Gasteiger partial charge in [-0.05, 0) is 24.5 Å². The zero-order valence-electron chi connectivity index (χ0n) is 13.5. The van der Waals surface area contributed by atoms with Crippen LogP contribution in [-0.2, 0) is 20.7 Å². The maximum absolute atomic E-state index is 11.3. The van der Waals surface area contributed by atoms with E-state index in [1.165, 1.54) is 11.1 Å². The largest absolute Gasteiger partial charge is 0.466 e. The number of rotatable bonds is 8. The standard InChI is InChI=1S/C19H23NO3/c1-3-11-20-14-17-16-9-6-5-8-15(16)13-18(17)23-12-7-10-19(21)22-4-2/h1,5-6,8-9,14,18,20H,4,7,10-13H2,2H3/t18-/m1/s1. The van der Waals surface area contributed by atoms with Gasteiger partial charge >= 0.3 is 5.97 Å². The van der Waals surface area contributed by atoms with Crippen LogP contribution in [0.2, 0.25) is 0 Å². The summed E-state index contributed by atoms with van der Waals surface area (Å²) >= 11 is 0. The van der Waals surface area contributed by atoms with Crippen molar-refractivity contribution in [3.8, 4) is 12.3 Å². The maximum atomic E-state index is 11.3. The molecule has 1 aromatic rings. The molecule has 0 aromatic heterocycles. The van der Waals surface area contributed by atoms with Gasteiger partial charge < -0.3 is 14.8 Å². The molecule has 1 atom stereocenters. The summed E-state index contributed by atoms with van der Waals surface area (Å²) < 4.78 is 10.9. The summed E-state index contributed by atoms with van der Waals surface area (Å²) in [6, 6.07) is 8.28. The van der Waals surface area contributed by atoms with Crippen molar-refractivity contribution < 1.29 is 14.3 Å². The Morgan fingerprint density at radius 1 is 1.48 bits per heavy atom. The quantitative estimate of drug-likeness (QED) is 0.455. The number of fused-ring (bicyclic) bond motifs is 1. The van der Waals surface area contributed by atoms with Crippen molar-refractivity contribution in [2.45, 2.75) is 32.3 Å². The van der Waals surface area contributed by atoms with Crippen LogP contribution in [0.1, 0.15) is 30.9 Å². The third-order valence-corrected chi connectivity index (χ3v) is 3.69. The lowest BCUT2D eigenvalue weighted by molar-refractivity contribution is -0.143. The topological polar surface area (TPSA) is 47.6 Å². The van der Waals surface area contributed by atoms with Crippen LogP contribution in [0.3, 0.4) is 0 Å². The molecule has 1 aliphatic rings. The average molecular weight is 313 g/mol. The third-order valence-electron chi connectivity index (χ3n) is 3.69. The predicted molar refractivity (Wildman–Crippen MR) is 90.6 cm³/mol. The molecule has 2 rings (SSSR count). The number of carbonyl (C=O) groups is 1. The summed E-state index contributed by atoms with van der Waals surface area (Å²) in [6.45, 7) is 3.25. The van der Waals surface area contributed by atoms with E-state index in [4.69, 9.17) is 15.9 Å². The van der Waals surface area contributed by atoms with Gasteiger partial charge in [0.15, 0.2) is 0 Å². The predicted octanol–water partition coefficient (Wildman–Crippen LogP) is 2.53. The molecule has 0 radical (unpaired) electrons. The summed E-state index contributed by atoms with van der Waals surface area (Å²) in [5.41, 5.74) is 3.59. The number of benzene rings is 1. The monoisotopic (exact) mass is 313 g/mol. The molecule has 0 amide bonds. The van der Waals surface area contributed by atoms with Crippen molar-refractivity contribution in [1.29, 1.82) is 0 Å². The van der Waals surface area contributed by atoms with Crippen LogP contribution >= 0.6 is 0 Å². The Morgan fingerprint density at radius 2 is 2.30 bits per heavy atom. The molecule has 0 saturated heterocycles. The van der Waals surface area contributed by atoms with E-state index in [9.17, 15) is 4.79 Å². The van der Waals surface area contributed by atoms with Crippen molar-refractivity contribution in [1.82, 2.24) is 5.32 Å². The third kappa shape index (κ3) is 4.87. The van der Waals surface area contributed by atoms with Gasteiger partial charge in [-0.15, -0.1) is 6.42 Å². The molecule has 1 aliphatic carbocycles. The van der Waals surface area contributed by atoms with Crippen LogP contribution in [0.4, 0.5) is 0 Å². The Labute approximate surface area is 137 Å². The van der Waals surface area contributed by atoms with Crippen LogP contribution < -0.4 is 5.32 Å². The summed E-state index contributed by atoms with van der Waals surface area (Å²) in [5.74, 6) is 2.39. The molecule has 0 bridgehead atoms. The van der Waals surface area contributed by atoms with Gasteiger partial charge in [0, 0.05) is 31.2 Å². The minimum Gasteiger partial charge on any atom is -0.466 e. The molecule has 1 aromatic carbocycles. The van der Waals surface area contributed by atoms with Crippen molar-refractivity contribution in [2.24, 2.45) is 0 Å². The molecule has 122 valence electrons. The molecule has 1 N–H and O–H groups in total. The number of nitrogens with one attached hydrogen (secondary N) is 1. The van der Waals surface area contributed by atoms with Crippen LogP contribution in [0.5, 0.6) is 0 Å². The van der Waals surface area contributed by atoms with E-state index in [0.29, 0.717) is 32.6 Å². The fraction of sp³-hybridized carbons (Fsp3) is 0.421. The second-order valence-electron chi connectivity index (χ2n) is 5.31. The van der Waals surface area contributed by atoms with E-state index in [1.807, 2.05) is 25.3 Å². The highest BCUT2D eigenvalue weighted by atomic mass is 16.5. The lowest BCUT2D eigenvalue weighted by atomic mass is 10.1. The zero-order chi connectivity index (χ0) is 16.5. The van der Waals surface area contributed by atoms with Gasteiger partial charge in [0.05, 0.1) is 19.3 Å². The number of esters is 1. The average Bonchev–Trinajstić information content (AvgIpc) is 2.90. The fourth-order valence-electron chi connectivity index (χ4n) is 2.68. The van der Waals surface area contributed by atoms with Gasteiger partial charge in [-0.3, -0.25) is 4.79 Å². The van der Waals surface area contributed by atoms with Crippen molar-refractivity contribution in [2.75, 3.05) is 19.8 Å². The molecular weight excluding hydrogens is 290 g/mol. The van der Waals surface area contributed by atoms with Gasteiger partial charge in [0.1, 0.15) is 0 Å². The highest BCUT2D eigenvalue weighted by Crippen LogP contribution is 2.33. The molecule has 4 heteroatoms. The first-order valence-electron chi connectivity index (χ1n) is 7.98. The summed E-state index contributed by atoms with van der Waals surface area (Å²) in [4.78, 5) is 11.3. The minimum absolute atomic E-state index is 0.000120. The van der Waals surface area contributed by atoms with E-state index in [0.717, 1.165) is 12.0 Å². The van der Waals surface area contributed by atoms with Gasteiger partial charge in [-0.25, -0.2) is 0 Å². The van der Waals surface area contributed by atoms with E-state index in [1.54, 1.807) is 0 Å². The molecule has 0 unspecified atom stereocenters. The fourth-order valence-corrected chi connectivity index (χ4v) is 2.68. The van der Waals surface area contributed by atoms with Crippen molar-refractivity contribution >= 4 is 11.5 Å². The Bertz CT molecular complexity index is 601. The Morgan fingerprint density at radius 3 is 3.09 bits per heavy atom. The summed E-state index contributed by atoms with van der Waals surface area (Å²) in [5, 5.41) is 3.12. The van der Waals surface area contributed by atoms with E-state index in [2.05, 4.69) is 23.4 Å².